The van der Waals surface area contributed by atoms with Crippen molar-refractivity contribution in [2.45, 2.75) is 26.3 Å². The maximum absolute atomic E-state index is 5.96. The number of rotatable bonds is 1. The lowest BCUT2D eigenvalue weighted by Crippen LogP contribution is -2.26. The predicted octanol–water partition coefficient (Wildman–Crippen LogP) is 3.85. The molecule has 102 valence electrons. The molecule has 0 fully saturated rings. The van der Waals surface area contributed by atoms with Crippen molar-refractivity contribution in [3.8, 4) is 22.8 Å². The molecule has 20 heavy (non-hydrogen) atoms. The number of fused-ring (bicyclic) bond motifs is 1. The minimum Gasteiger partial charge on any atom is -0.303 e. The molecule has 3 rings (SSSR count). The first-order chi connectivity index (χ1) is 9.47. The van der Waals surface area contributed by atoms with Crippen LogP contribution in [0.2, 0.25) is 5.02 Å². The zero-order valence-electron chi connectivity index (χ0n) is 11.6. The summed E-state index contributed by atoms with van der Waals surface area (Å²) in [6.45, 7) is 6.38. The molecular formula is C15H15ClN4. The third kappa shape index (κ3) is 2.16. The van der Waals surface area contributed by atoms with Gasteiger partial charge in [-0.05, 0) is 45.0 Å². The van der Waals surface area contributed by atoms with E-state index in [9.17, 15) is 0 Å². The Hall–Kier alpha value is -1.94. The summed E-state index contributed by atoms with van der Waals surface area (Å²) in [6, 6.07) is 7.67. The van der Waals surface area contributed by atoms with Gasteiger partial charge in [-0.15, -0.1) is 5.10 Å². The van der Waals surface area contributed by atoms with Crippen LogP contribution in [-0.2, 0) is 5.54 Å². The summed E-state index contributed by atoms with van der Waals surface area (Å²) < 4.78 is 2.11. The fraction of sp³-hybridized carbons (Fsp3) is 0.267. The molecule has 0 unspecified atom stereocenters. The Morgan fingerprint density at radius 1 is 0.950 bits per heavy atom. The van der Waals surface area contributed by atoms with Gasteiger partial charge in [-0.25, -0.2) is 4.98 Å². The number of hydrogen-bond acceptors (Lipinski definition) is 3. The normalized spacial score (nSPS) is 12.0. The van der Waals surface area contributed by atoms with Crippen LogP contribution >= 0.6 is 11.6 Å². The topological polar surface area (TPSA) is 43.6 Å². The van der Waals surface area contributed by atoms with Gasteiger partial charge < -0.3 is 4.57 Å². The lowest BCUT2D eigenvalue weighted by molar-refractivity contribution is 0.395. The monoisotopic (exact) mass is 286 g/mol. The first-order valence-electron chi connectivity index (χ1n) is 6.42. The van der Waals surface area contributed by atoms with Gasteiger partial charge in [0.05, 0.1) is 11.8 Å². The summed E-state index contributed by atoms with van der Waals surface area (Å²) >= 11 is 5.96. The first-order valence-corrected chi connectivity index (χ1v) is 6.80. The molecule has 2 aliphatic heterocycles. The Bertz CT molecular complexity index is 710. The minimum atomic E-state index is -0.148. The van der Waals surface area contributed by atoms with E-state index in [1.54, 1.807) is 6.20 Å². The fourth-order valence-electron chi connectivity index (χ4n) is 2.25. The number of nitrogens with zero attached hydrogens (tertiary/aromatic N) is 4. The Kier molecular flexibility index (Phi) is 2.98. The van der Waals surface area contributed by atoms with Gasteiger partial charge in [0.1, 0.15) is 5.82 Å². The van der Waals surface area contributed by atoms with Crippen molar-refractivity contribution < 1.29 is 0 Å². The van der Waals surface area contributed by atoms with E-state index in [-0.39, 0.29) is 5.54 Å². The van der Waals surface area contributed by atoms with Crippen LogP contribution in [0.5, 0.6) is 0 Å². The van der Waals surface area contributed by atoms with Gasteiger partial charge in [-0.3, -0.25) is 0 Å². The van der Waals surface area contributed by atoms with Gasteiger partial charge in [-0.1, -0.05) is 11.6 Å². The summed E-state index contributed by atoms with van der Waals surface area (Å²) in [6.07, 6.45) is 3.54. The Balaban J connectivity index is 2.30. The van der Waals surface area contributed by atoms with Gasteiger partial charge in [-0.2, -0.15) is 5.10 Å². The van der Waals surface area contributed by atoms with Crippen LogP contribution in [0, 0.1) is 0 Å². The number of hydrogen-bond donors (Lipinski definition) is 0. The number of aromatic nitrogens is 4. The van der Waals surface area contributed by atoms with Crippen molar-refractivity contribution in [3.05, 3.63) is 41.7 Å². The maximum atomic E-state index is 5.96. The summed E-state index contributed by atoms with van der Waals surface area (Å²) in [5.74, 6) is 1.71. The van der Waals surface area contributed by atoms with Crippen LogP contribution in [0.25, 0.3) is 22.8 Å². The van der Waals surface area contributed by atoms with E-state index >= 15 is 0 Å². The molecule has 5 heteroatoms. The van der Waals surface area contributed by atoms with Crippen LogP contribution in [0.15, 0.2) is 36.7 Å². The summed E-state index contributed by atoms with van der Waals surface area (Å²) in [4.78, 5) is 4.59. The van der Waals surface area contributed by atoms with E-state index < -0.39 is 0 Å². The SMILES string of the molecule is CC(C)(C)n1c(-c2ccc(Cl)cc2)ncc2cnnc1-2. The Morgan fingerprint density at radius 2 is 1.65 bits per heavy atom. The van der Waals surface area contributed by atoms with Gasteiger partial charge in [0.25, 0.3) is 0 Å². The summed E-state index contributed by atoms with van der Waals surface area (Å²) in [5, 5.41) is 8.94. The molecule has 0 N–H and O–H groups in total. The molecule has 0 bridgehead atoms. The van der Waals surface area contributed by atoms with E-state index in [2.05, 4.69) is 40.5 Å². The maximum Gasteiger partial charge on any atom is 0.167 e. The second-order valence-electron chi connectivity index (χ2n) is 5.72. The van der Waals surface area contributed by atoms with Crippen molar-refractivity contribution in [3.63, 3.8) is 0 Å². The summed E-state index contributed by atoms with van der Waals surface area (Å²) in [5.41, 5.74) is 1.80. The van der Waals surface area contributed by atoms with Crippen LogP contribution < -0.4 is 0 Å². The predicted molar refractivity (Wildman–Crippen MR) is 79.9 cm³/mol. The molecule has 1 aromatic rings. The molecule has 0 atom stereocenters. The highest BCUT2D eigenvalue weighted by Gasteiger charge is 2.24. The first kappa shape index (κ1) is 13.1. The van der Waals surface area contributed by atoms with E-state index in [4.69, 9.17) is 11.6 Å². The van der Waals surface area contributed by atoms with E-state index in [0.29, 0.717) is 5.02 Å². The van der Waals surface area contributed by atoms with Gasteiger partial charge in [0.15, 0.2) is 5.82 Å². The van der Waals surface area contributed by atoms with Gasteiger partial charge >= 0.3 is 0 Å². The zero-order valence-corrected chi connectivity index (χ0v) is 12.4. The Labute approximate surface area is 122 Å². The van der Waals surface area contributed by atoms with Crippen molar-refractivity contribution in [1.29, 1.82) is 0 Å². The van der Waals surface area contributed by atoms with E-state index in [1.807, 2.05) is 30.5 Å². The molecular weight excluding hydrogens is 272 g/mol. The van der Waals surface area contributed by atoms with Crippen LogP contribution in [0.4, 0.5) is 0 Å². The molecule has 0 aromatic heterocycles. The van der Waals surface area contributed by atoms with E-state index in [1.165, 1.54) is 0 Å². The molecule has 0 spiro atoms. The van der Waals surface area contributed by atoms with Crippen molar-refractivity contribution in [2.24, 2.45) is 0 Å². The highest BCUT2D eigenvalue weighted by molar-refractivity contribution is 6.30. The molecule has 2 aliphatic rings. The zero-order chi connectivity index (χ0) is 14.3. The average Bonchev–Trinajstić information content (AvgIpc) is 2.85. The molecule has 4 nitrogen and oxygen atoms in total. The van der Waals surface area contributed by atoms with Crippen LogP contribution in [0.1, 0.15) is 20.8 Å². The summed E-state index contributed by atoms with van der Waals surface area (Å²) in [7, 11) is 0. The molecule has 0 saturated heterocycles. The lowest BCUT2D eigenvalue weighted by Gasteiger charge is -2.28. The Morgan fingerprint density at radius 3 is 2.30 bits per heavy atom. The molecule has 0 amide bonds. The fourth-order valence-corrected chi connectivity index (χ4v) is 2.38. The second kappa shape index (κ2) is 4.56. The lowest BCUT2D eigenvalue weighted by atomic mass is 10.1. The number of halogens is 1. The third-order valence-electron chi connectivity index (χ3n) is 3.13. The smallest absolute Gasteiger partial charge is 0.167 e. The molecule has 0 aliphatic carbocycles. The third-order valence-corrected chi connectivity index (χ3v) is 3.38. The van der Waals surface area contributed by atoms with Gasteiger partial charge in [0.2, 0.25) is 0 Å². The van der Waals surface area contributed by atoms with E-state index in [0.717, 1.165) is 22.8 Å². The number of benzene rings is 1. The second-order valence-corrected chi connectivity index (χ2v) is 6.15. The van der Waals surface area contributed by atoms with Crippen molar-refractivity contribution in [2.75, 3.05) is 0 Å². The minimum absolute atomic E-state index is 0.148. The standard InChI is InChI=1S/C15H15ClN4/c1-15(2,3)20-13(10-4-6-12(16)7-5-10)17-8-11-9-18-19-14(11)20/h4-9H,1-3H3. The van der Waals surface area contributed by atoms with Crippen LogP contribution in [0.3, 0.4) is 0 Å². The highest BCUT2D eigenvalue weighted by Crippen LogP contribution is 2.31. The quantitative estimate of drug-likeness (QED) is 0.682. The highest BCUT2D eigenvalue weighted by atomic mass is 35.5. The largest absolute Gasteiger partial charge is 0.303 e. The van der Waals surface area contributed by atoms with Crippen LogP contribution in [-0.4, -0.2) is 19.7 Å². The molecule has 1 aromatic carbocycles. The van der Waals surface area contributed by atoms with Crippen molar-refractivity contribution >= 4 is 11.6 Å². The average molecular weight is 287 g/mol. The molecule has 0 radical (unpaired) electrons. The van der Waals surface area contributed by atoms with Gasteiger partial charge in [0, 0.05) is 22.3 Å². The molecule has 0 saturated carbocycles. The molecule has 2 heterocycles. The van der Waals surface area contributed by atoms with Crippen molar-refractivity contribution in [1.82, 2.24) is 19.7 Å².